The van der Waals surface area contributed by atoms with E-state index in [4.69, 9.17) is 4.74 Å². The van der Waals surface area contributed by atoms with E-state index in [0.29, 0.717) is 22.4 Å². The first-order chi connectivity index (χ1) is 13.1. The highest BCUT2D eigenvalue weighted by Gasteiger charge is 2.37. The number of nitrogens with one attached hydrogen (secondary N) is 1. The van der Waals surface area contributed by atoms with E-state index in [1.165, 1.54) is 11.8 Å². The number of hydrogen-bond donors (Lipinski definition) is 2. The van der Waals surface area contributed by atoms with Crippen LogP contribution >= 0.6 is 11.8 Å². The molecule has 1 fully saturated rings. The van der Waals surface area contributed by atoms with Crippen LogP contribution in [0.5, 0.6) is 5.75 Å². The van der Waals surface area contributed by atoms with Crippen LogP contribution in [0, 0.1) is 0 Å². The molecule has 2 atom stereocenters. The minimum atomic E-state index is -0.588. The summed E-state index contributed by atoms with van der Waals surface area (Å²) in [6.45, 7) is -0.421. The number of rotatable bonds is 4. The second-order valence-electron chi connectivity index (χ2n) is 6.17. The Morgan fingerprint density at radius 2 is 1.74 bits per heavy atom. The predicted octanol–water partition coefficient (Wildman–Crippen LogP) is 1.89. The van der Waals surface area contributed by atoms with Gasteiger partial charge >= 0.3 is 5.97 Å². The number of para-hydroxylation sites is 1. The summed E-state index contributed by atoms with van der Waals surface area (Å²) in [6, 6.07) is 12.8. The second kappa shape index (κ2) is 7.05. The number of hydrogen-bond acceptors (Lipinski definition) is 7. The average Bonchev–Trinajstić information content (AvgIpc) is 3.26. The van der Waals surface area contributed by atoms with Crippen molar-refractivity contribution in [2.24, 2.45) is 0 Å². The van der Waals surface area contributed by atoms with Crippen molar-refractivity contribution in [1.82, 2.24) is 10.2 Å². The molecule has 0 aromatic heterocycles. The predicted molar refractivity (Wildman–Crippen MR) is 98.1 cm³/mol. The Bertz CT molecular complexity index is 897. The summed E-state index contributed by atoms with van der Waals surface area (Å²) in [6.07, 6.45) is 0. The molecule has 2 aromatic carbocycles. The molecule has 0 radical (unpaired) electrons. The lowest BCUT2D eigenvalue weighted by Gasteiger charge is -2.17. The van der Waals surface area contributed by atoms with Crippen molar-refractivity contribution in [1.29, 1.82) is 0 Å². The Balaban J connectivity index is 1.37. The monoisotopic (exact) mass is 384 g/mol. The van der Waals surface area contributed by atoms with Crippen LogP contribution in [0.25, 0.3) is 0 Å². The highest BCUT2D eigenvalue weighted by atomic mass is 32.2. The van der Waals surface area contributed by atoms with Gasteiger partial charge in [-0.3, -0.25) is 19.7 Å². The van der Waals surface area contributed by atoms with Gasteiger partial charge in [0.1, 0.15) is 11.8 Å². The molecule has 2 aliphatic heterocycles. The number of amides is 2. The maximum Gasteiger partial charge on any atom is 0.325 e. The third kappa shape index (κ3) is 3.17. The fourth-order valence-electron chi connectivity index (χ4n) is 3.08. The highest BCUT2D eigenvalue weighted by Crippen LogP contribution is 2.37. The van der Waals surface area contributed by atoms with E-state index in [9.17, 15) is 19.5 Å². The number of carbonyl (C=O) groups excluding carboxylic acids is 3. The van der Waals surface area contributed by atoms with E-state index in [2.05, 4.69) is 5.32 Å². The summed E-state index contributed by atoms with van der Waals surface area (Å²) < 4.78 is 5.20. The zero-order valence-electron chi connectivity index (χ0n) is 14.1. The van der Waals surface area contributed by atoms with Crippen molar-refractivity contribution >= 4 is 29.5 Å². The van der Waals surface area contributed by atoms with Crippen molar-refractivity contribution in [2.45, 2.75) is 11.4 Å². The summed E-state index contributed by atoms with van der Waals surface area (Å²) >= 11 is 1.48. The average molecular weight is 384 g/mol. The molecular formula is C19H16N2O5S. The van der Waals surface area contributed by atoms with Crippen LogP contribution in [0.15, 0.2) is 48.5 Å². The Morgan fingerprint density at radius 1 is 1.11 bits per heavy atom. The largest absolute Gasteiger partial charge is 0.508 e. The molecule has 2 amide bonds. The van der Waals surface area contributed by atoms with Gasteiger partial charge in [-0.2, -0.15) is 0 Å². The fraction of sp³-hybridized carbons (Fsp3) is 0.211. The van der Waals surface area contributed by atoms with Crippen LogP contribution in [0.1, 0.15) is 31.7 Å². The molecule has 2 aliphatic rings. The number of phenols is 1. The number of carbonyl (C=O) groups is 3. The lowest BCUT2D eigenvalue weighted by molar-refractivity contribution is -0.148. The van der Waals surface area contributed by atoms with Gasteiger partial charge in [-0.05, 0) is 18.2 Å². The van der Waals surface area contributed by atoms with Crippen molar-refractivity contribution in [3.8, 4) is 5.75 Å². The SMILES string of the molecule is O=C(OCN1C(=O)c2ccccc2C1=O)C1CSC(c2ccccc2O)N1. The van der Waals surface area contributed by atoms with E-state index in [-0.39, 0.29) is 11.1 Å². The molecule has 0 aliphatic carbocycles. The number of thioether (sulfide) groups is 1. The maximum atomic E-state index is 12.3. The number of nitrogens with zero attached hydrogens (tertiary/aromatic N) is 1. The Labute approximate surface area is 159 Å². The van der Waals surface area contributed by atoms with Gasteiger partial charge in [0, 0.05) is 11.3 Å². The Morgan fingerprint density at radius 3 is 2.41 bits per heavy atom. The number of imide groups is 1. The highest BCUT2D eigenvalue weighted by molar-refractivity contribution is 7.99. The van der Waals surface area contributed by atoms with Crippen LogP contribution in [-0.2, 0) is 9.53 Å². The van der Waals surface area contributed by atoms with Gasteiger partial charge in [-0.1, -0.05) is 30.3 Å². The molecule has 27 heavy (non-hydrogen) atoms. The number of esters is 1. The summed E-state index contributed by atoms with van der Waals surface area (Å²) in [5.74, 6) is -0.868. The van der Waals surface area contributed by atoms with Gasteiger partial charge in [0.15, 0.2) is 6.73 Å². The molecule has 2 unspecified atom stereocenters. The van der Waals surface area contributed by atoms with Crippen LogP contribution in [0.2, 0.25) is 0 Å². The molecule has 0 bridgehead atoms. The standard InChI is InChI=1S/C19H16N2O5S/c22-15-8-4-3-7-13(15)16-20-14(9-27-16)19(25)26-10-21-17(23)11-5-1-2-6-12(11)18(21)24/h1-8,14,16,20,22H,9-10H2. The van der Waals surface area contributed by atoms with Gasteiger partial charge in [-0.25, -0.2) is 4.90 Å². The molecule has 7 nitrogen and oxygen atoms in total. The quantitative estimate of drug-likeness (QED) is 0.614. The summed E-state index contributed by atoms with van der Waals surface area (Å²) in [5.41, 5.74) is 1.32. The van der Waals surface area contributed by atoms with Crippen molar-refractivity contribution in [2.75, 3.05) is 12.5 Å². The van der Waals surface area contributed by atoms with Crippen molar-refractivity contribution < 1.29 is 24.2 Å². The van der Waals surface area contributed by atoms with E-state index in [1.54, 1.807) is 42.5 Å². The van der Waals surface area contributed by atoms with Gasteiger partial charge < -0.3 is 9.84 Å². The molecule has 0 spiro atoms. The van der Waals surface area contributed by atoms with E-state index in [0.717, 1.165) is 4.90 Å². The van der Waals surface area contributed by atoms with Crippen molar-refractivity contribution in [3.63, 3.8) is 0 Å². The topological polar surface area (TPSA) is 95.9 Å². The summed E-state index contributed by atoms with van der Waals surface area (Å²) in [5, 5.41) is 12.8. The molecule has 2 N–H and O–H groups in total. The molecule has 1 saturated heterocycles. The smallest absolute Gasteiger partial charge is 0.325 e. The van der Waals surface area contributed by atoms with Crippen LogP contribution in [-0.4, -0.2) is 46.3 Å². The van der Waals surface area contributed by atoms with Crippen molar-refractivity contribution in [3.05, 3.63) is 65.2 Å². The molecule has 0 saturated carbocycles. The maximum absolute atomic E-state index is 12.3. The van der Waals surface area contributed by atoms with Crippen LogP contribution in [0.4, 0.5) is 0 Å². The zero-order valence-corrected chi connectivity index (χ0v) is 14.9. The lowest BCUT2D eigenvalue weighted by Crippen LogP contribution is -2.39. The van der Waals surface area contributed by atoms with E-state index >= 15 is 0 Å². The first-order valence-electron chi connectivity index (χ1n) is 8.33. The Kier molecular flexibility index (Phi) is 4.59. The first-order valence-corrected chi connectivity index (χ1v) is 9.38. The van der Waals surface area contributed by atoms with Crippen LogP contribution in [0.3, 0.4) is 0 Å². The summed E-state index contributed by atoms with van der Waals surface area (Å²) in [7, 11) is 0. The van der Waals surface area contributed by atoms with E-state index < -0.39 is 30.6 Å². The van der Waals surface area contributed by atoms with Gasteiger partial charge in [0.25, 0.3) is 11.8 Å². The molecule has 4 rings (SSSR count). The number of fused-ring (bicyclic) bond motifs is 1. The number of aromatic hydroxyl groups is 1. The molecule has 138 valence electrons. The molecule has 2 aromatic rings. The minimum Gasteiger partial charge on any atom is -0.508 e. The molecular weight excluding hydrogens is 368 g/mol. The molecule has 2 heterocycles. The third-order valence-corrected chi connectivity index (χ3v) is 5.75. The Hall–Kier alpha value is -2.84. The third-order valence-electron chi connectivity index (χ3n) is 4.50. The van der Waals surface area contributed by atoms with Gasteiger partial charge in [-0.15, -0.1) is 11.8 Å². The normalized spacial score (nSPS) is 21.4. The number of phenolic OH excluding ortho intramolecular Hbond substituents is 1. The minimum absolute atomic E-state index is 0.155. The number of ether oxygens (including phenoxy) is 1. The molecule has 8 heteroatoms. The number of benzene rings is 2. The van der Waals surface area contributed by atoms with Crippen LogP contribution < -0.4 is 5.32 Å². The fourth-order valence-corrected chi connectivity index (χ4v) is 4.34. The van der Waals surface area contributed by atoms with E-state index in [1.807, 2.05) is 6.07 Å². The summed E-state index contributed by atoms with van der Waals surface area (Å²) in [4.78, 5) is 37.8. The zero-order chi connectivity index (χ0) is 19.0. The lowest BCUT2D eigenvalue weighted by atomic mass is 10.1. The van der Waals surface area contributed by atoms with Gasteiger partial charge in [0.2, 0.25) is 0 Å². The first kappa shape index (κ1) is 17.6. The van der Waals surface area contributed by atoms with Gasteiger partial charge in [0.05, 0.1) is 16.5 Å². The second-order valence-corrected chi connectivity index (χ2v) is 7.31.